The van der Waals surface area contributed by atoms with Crippen molar-refractivity contribution in [2.45, 2.75) is 65.2 Å². The summed E-state index contributed by atoms with van der Waals surface area (Å²) in [5, 5.41) is 4.22. The second kappa shape index (κ2) is 6.97. The lowest BCUT2D eigenvalue weighted by Gasteiger charge is -2.37. The first-order chi connectivity index (χ1) is 12.2. The van der Waals surface area contributed by atoms with Gasteiger partial charge in [-0.1, -0.05) is 6.92 Å². The number of aryl methyl sites for hydroxylation is 1. The van der Waals surface area contributed by atoms with E-state index in [4.69, 9.17) is 0 Å². The molecule has 0 spiro atoms. The highest BCUT2D eigenvalue weighted by molar-refractivity contribution is 5.73. The summed E-state index contributed by atoms with van der Waals surface area (Å²) in [6.45, 7) is 8.86. The summed E-state index contributed by atoms with van der Waals surface area (Å²) in [5.41, 5.74) is 1.91. The third kappa shape index (κ3) is 3.46. The van der Waals surface area contributed by atoms with Gasteiger partial charge in [-0.3, -0.25) is 4.68 Å². The molecule has 0 radical (unpaired) electrons. The summed E-state index contributed by atoms with van der Waals surface area (Å²) < 4.78 is 43.2. The van der Waals surface area contributed by atoms with E-state index in [0.717, 1.165) is 37.1 Å². The van der Waals surface area contributed by atoms with Crippen LogP contribution in [0.5, 0.6) is 0 Å². The molecule has 0 saturated carbocycles. The maximum atomic E-state index is 13.8. The van der Waals surface area contributed by atoms with E-state index in [1.54, 1.807) is 16.9 Å². The van der Waals surface area contributed by atoms with E-state index in [9.17, 15) is 13.2 Å². The molecule has 0 aliphatic carbocycles. The molecule has 2 heterocycles. The highest BCUT2D eigenvalue weighted by Gasteiger charge is 2.36. The van der Waals surface area contributed by atoms with Crippen LogP contribution in [0.25, 0.3) is 11.1 Å². The van der Waals surface area contributed by atoms with Gasteiger partial charge in [0.25, 0.3) is 0 Å². The van der Waals surface area contributed by atoms with Gasteiger partial charge in [0.1, 0.15) is 0 Å². The molecule has 1 aliphatic heterocycles. The lowest BCUT2D eigenvalue weighted by molar-refractivity contribution is -0.137. The Bertz CT molecular complexity index is 777. The highest BCUT2D eigenvalue weighted by atomic mass is 19.4. The SMILES string of the molecule is CCC(C)N1CCCc2cc(-c3cnn(C(C)C)c3)c(C(F)(F)F)cc21. The van der Waals surface area contributed by atoms with Gasteiger partial charge in [-0.2, -0.15) is 18.3 Å². The molecule has 2 aromatic rings. The maximum absolute atomic E-state index is 13.8. The van der Waals surface area contributed by atoms with E-state index >= 15 is 0 Å². The Morgan fingerprint density at radius 3 is 2.50 bits per heavy atom. The monoisotopic (exact) mass is 365 g/mol. The number of halogens is 3. The first kappa shape index (κ1) is 18.8. The smallest absolute Gasteiger partial charge is 0.369 e. The molecule has 1 aromatic heterocycles. The molecular formula is C20H26F3N3. The second-order valence-electron chi connectivity index (χ2n) is 7.38. The minimum absolute atomic E-state index is 0.108. The Morgan fingerprint density at radius 1 is 1.19 bits per heavy atom. The van der Waals surface area contributed by atoms with Crippen molar-refractivity contribution in [3.05, 3.63) is 35.7 Å². The molecular weight excluding hydrogens is 339 g/mol. The van der Waals surface area contributed by atoms with E-state index in [-0.39, 0.29) is 17.6 Å². The van der Waals surface area contributed by atoms with E-state index in [1.807, 2.05) is 13.8 Å². The average Bonchev–Trinajstić information content (AvgIpc) is 3.09. The number of fused-ring (bicyclic) bond motifs is 1. The fourth-order valence-corrected chi connectivity index (χ4v) is 3.57. The molecule has 3 rings (SSSR count). The van der Waals surface area contributed by atoms with Crippen molar-refractivity contribution in [3.8, 4) is 11.1 Å². The lowest BCUT2D eigenvalue weighted by atomic mass is 9.92. The zero-order valence-corrected chi connectivity index (χ0v) is 15.8. The van der Waals surface area contributed by atoms with Crippen LogP contribution >= 0.6 is 0 Å². The Hall–Kier alpha value is -1.98. The van der Waals surface area contributed by atoms with Gasteiger partial charge in [-0.25, -0.2) is 0 Å². The number of anilines is 1. The van der Waals surface area contributed by atoms with Gasteiger partial charge >= 0.3 is 6.18 Å². The van der Waals surface area contributed by atoms with E-state index in [0.29, 0.717) is 5.56 Å². The van der Waals surface area contributed by atoms with Gasteiger partial charge in [0.15, 0.2) is 0 Å². The molecule has 0 bridgehead atoms. The van der Waals surface area contributed by atoms with Gasteiger partial charge in [0, 0.05) is 36.1 Å². The molecule has 0 N–H and O–H groups in total. The summed E-state index contributed by atoms with van der Waals surface area (Å²) in [4.78, 5) is 2.12. The normalized spacial score (nSPS) is 16.1. The zero-order valence-electron chi connectivity index (χ0n) is 15.8. The van der Waals surface area contributed by atoms with E-state index in [1.165, 1.54) is 12.3 Å². The van der Waals surface area contributed by atoms with Crippen molar-refractivity contribution in [1.82, 2.24) is 9.78 Å². The fraction of sp³-hybridized carbons (Fsp3) is 0.550. The third-order valence-electron chi connectivity index (χ3n) is 5.24. The molecule has 3 nitrogen and oxygen atoms in total. The average molecular weight is 365 g/mol. The summed E-state index contributed by atoms with van der Waals surface area (Å²) in [6, 6.07) is 3.41. The van der Waals surface area contributed by atoms with E-state index < -0.39 is 11.7 Å². The highest BCUT2D eigenvalue weighted by Crippen LogP contribution is 2.43. The van der Waals surface area contributed by atoms with Gasteiger partial charge in [-0.05, 0) is 63.3 Å². The van der Waals surface area contributed by atoms with Crippen LogP contribution in [-0.4, -0.2) is 22.4 Å². The molecule has 1 aromatic carbocycles. The number of rotatable bonds is 4. The van der Waals surface area contributed by atoms with Crippen LogP contribution in [0.4, 0.5) is 18.9 Å². The summed E-state index contributed by atoms with van der Waals surface area (Å²) in [6.07, 6.45) is 1.52. The van der Waals surface area contributed by atoms with Crippen LogP contribution < -0.4 is 4.90 Å². The number of benzene rings is 1. The Morgan fingerprint density at radius 2 is 1.92 bits per heavy atom. The van der Waals surface area contributed by atoms with Crippen LogP contribution in [0.15, 0.2) is 24.5 Å². The predicted octanol–water partition coefficient (Wildman–Crippen LogP) is 5.70. The minimum Gasteiger partial charge on any atom is -0.369 e. The zero-order chi connectivity index (χ0) is 19.1. The van der Waals surface area contributed by atoms with Crippen molar-refractivity contribution in [2.24, 2.45) is 0 Å². The molecule has 1 aliphatic rings. The van der Waals surface area contributed by atoms with Gasteiger partial charge in [0.2, 0.25) is 0 Å². The molecule has 0 fully saturated rings. The van der Waals surface area contributed by atoms with Crippen molar-refractivity contribution in [2.75, 3.05) is 11.4 Å². The number of nitrogens with zero attached hydrogens (tertiary/aromatic N) is 3. The summed E-state index contributed by atoms with van der Waals surface area (Å²) in [5.74, 6) is 0. The first-order valence-corrected chi connectivity index (χ1v) is 9.27. The standard InChI is InChI=1S/C20H26F3N3/c1-5-14(4)25-8-6-7-15-9-17(16-11-24-26(12-16)13(2)3)18(10-19(15)25)20(21,22)23/h9-14H,5-8H2,1-4H3. The van der Waals surface area contributed by atoms with Crippen LogP contribution in [0, 0.1) is 0 Å². The van der Waals surface area contributed by atoms with Crippen LogP contribution in [-0.2, 0) is 12.6 Å². The van der Waals surface area contributed by atoms with Crippen molar-refractivity contribution < 1.29 is 13.2 Å². The van der Waals surface area contributed by atoms with Gasteiger partial charge < -0.3 is 4.90 Å². The Balaban J connectivity index is 2.16. The Labute approximate surface area is 152 Å². The molecule has 1 unspecified atom stereocenters. The second-order valence-corrected chi connectivity index (χ2v) is 7.38. The van der Waals surface area contributed by atoms with Crippen molar-refractivity contribution in [3.63, 3.8) is 0 Å². The van der Waals surface area contributed by atoms with Crippen LogP contribution in [0.1, 0.15) is 57.7 Å². The van der Waals surface area contributed by atoms with Gasteiger partial charge in [-0.15, -0.1) is 0 Å². The number of aromatic nitrogens is 2. The molecule has 1 atom stereocenters. The fourth-order valence-electron chi connectivity index (χ4n) is 3.57. The summed E-state index contributed by atoms with van der Waals surface area (Å²) >= 11 is 0. The minimum atomic E-state index is -4.40. The topological polar surface area (TPSA) is 21.1 Å². The molecule has 142 valence electrons. The van der Waals surface area contributed by atoms with Crippen molar-refractivity contribution >= 4 is 5.69 Å². The number of hydrogen-bond donors (Lipinski definition) is 0. The largest absolute Gasteiger partial charge is 0.417 e. The van der Waals surface area contributed by atoms with Gasteiger partial charge in [0.05, 0.1) is 11.8 Å². The van der Waals surface area contributed by atoms with Crippen molar-refractivity contribution in [1.29, 1.82) is 0 Å². The number of alkyl halides is 3. The quantitative estimate of drug-likeness (QED) is 0.693. The number of hydrogen-bond acceptors (Lipinski definition) is 2. The van der Waals surface area contributed by atoms with E-state index in [2.05, 4.69) is 23.8 Å². The summed E-state index contributed by atoms with van der Waals surface area (Å²) in [7, 11) is 0. The molecule has 0 saturated heterocycles. The lowest BCUT2D eigenvalue weighted by Crippen LogP contribution is -2.37. The first-order valence-electron chi connectivity index (χ1n) is 9.27. The molecule has 0 amide bonds. The Kier molecular flexibility index (Phi) is 5.04. The van der Waals surface area contributed by atoms with Crippen LogP contribution in [0.3, 0.4) is 0 Å². The molecule has 26 heavy (non-hydrogen) atoms. The molecule has 6 heteroatoms. The van der Waals surface area contributed by atoms with Crippen LogP contribution in [0.2, 0.25) is 0 Å². The predicted molar refractivity (Wildman–Crippen MR) is 98.5 cm³/mol. The maximum Gasteiger partial charge on any atom is 0.417 e. The third-order valence-corrected chi connectivity index (χ3v) is 5.24.